The maximum atomic E-state index is 12.4. The summed E-state index contributed by atoms with van der Waals surface area (Å²) in [5.74, 6) is -1.32. The van der Waals surface area contributed by atoms with E-state index in [-0.39, 0.29) is 5.91 Å². The molecule has 0 bridgehead atoms. The zero-order valence-corrected chi connectivity index (χ0v) is 11.1. The van der Waals surface area contributed by atoms with Gasteiger partial charge in [0.2, 0.25) is 5.91 Å². The fourth-order valence-corrected chi connectivity index (χ4v) is 2.86. The highest BCUT2D eigenvalue weighted by Gasteiger charge is 2.45. The van der Waals surface area contributed by atoms with Crippen LogP contribution in [0, 0.1) is 0 Å². The van der Waals surface area contributed by atoms with Crippen LogP contribution >= 0.6 is 0 Å². The van der Waals surface area contributed by atoms with Crippen molar-refractivity contribution in [2.75, 3.05) is 13.2 Å². The van der Waals surface area contributed by atoms with E-state index in [4.69, 9.17) is 10.5 Å². The number of ether oxygens (including phenoxy) is 1. The zero-order valence-electron chi connectivity index (χ0n) is 11.1. The van der Waals surface area contributed by atoms with E-state index in [1.165, 1.54) is 0 Å². The average Bonchev–Trinajstić information content (AvgIpc) is 2.40. The molecule has 0 radical (unpaired) electrons. The summed E-state index contributed by atoms with van der Waals surface area (Å²) in [5, 5.41) is 12.1. The minimum atomic E-state index is -1.21. The summed E-state index contributed by atoms with van der Waals surface area (Å²) in [6, 6.07) is 0. The van der Waals surface area contributed by atoms with Gasteiger partial charge in [0.1, 0.15) is 5.54 Å². The first-order chi connectivity index (χ1) is 8.99. The maximum absolute atomic E-state index is 12.4. The molecule has 4 N–H and O–H groups in total. The second kappa shape index (κ2) is 5.46. The van der Waals surface area contributed by atoms with Gasteiger partial charge in [-0.25, -0.2) is 4.79 Å². The molecule has 1 aliphatic heterocycles. The van der Waals surface area contributed by atoms with E-state index < -0.39 is 17.0 Å². The van der Waals surface area contributed by atoms with Crippen LogP contribution in [-0.4, -0.2) is 41.3 Å². The first-order valence-electron chi connectivity index (χ1n) is 6.91. The normalized spacial score (nSPS) is 25.5. The van der Waals surface area contributed by atoms with E-state index in [9.17, 15) is 14.7 Å². The van der Waals surface area contributed by atoms with Crippen LogP contribution in [0.25, 0.3) is 0 Å². The van der Waals surface area contributed by atoms with Crippen LogP contribution in [0.4, 0.5) is 0 Å². The minimum absolute atomic E-state index is 0.296. The number of aliphatic carboxylic acids is 1. The Hall–Kier alpha value is -1.14. The summed E-state index contributed by atoms with van der Waals surface area (Å²) in [7, 11) is 0. The fourth-order valence-electron chi connectivity index (χ4n) is 2.86. The average molecular weight is 270 g/mol. The minimum Gasteiger partial charge on any atom is -0.480 e. The predicted octanol–water partition coefficient (Wildman–Crippen LogP) is 0.398. The van der Waals surface area contributed by atoms with Crippen LogP contribution in [0.5, 0.6) is 0 Å². The van der Waals surface area contributed by atoms with Crippen molar-refractivity contribution < 1.29 is 19.4 Å². The van der Waals surface area contributed by atoms with Gasteiger partial charge < -0.3 is 20.9 Å². The summed E-state index contributed by atoms with van der Waals surface area (Å²) < 4.78 is 5.18. The molecule has 1 aliphatic carbocycles. The molecule has 0 spiro atoms. The second-order valence-electron chi connectivity index (χ2n) is 5.67. The lowest BCUT2D eigenvalue weighted by molar-refractivity contribution is -0.153. The van der Waals surface area contributed by atoms with Gasteiger partial charge in [-0.3, -0.25) is 4.79 Å². The summed E-state index contributed by atoms with van der Waals surface area (Å²) in [5.41, 5.74) is 4.03. The van der Waals surface area contributed by atoms with Crippen molar-refractivity contribution in [2.24, 2.45) is 5.73 Å². The van der Waals surface area contributed by atoms with Crippen LogP contribution in [-0.2, 0) is 14.3 Å². The molecule has 108 valence electrons. The Morgan fingerprint density at radius 1 is 1.05 bits per heavy atom. The van der Waals surface area contributed by atoms with E-state index in [0.29, 0.717) is 38.9 Å². The molecule has 0 aromatic rings. The summed E-state index contributed by atoms with van der Waals surface area (Å²) in [6.07, 6.45) is 4.79. The molecule has 1 amide bonds. The van der Waals surface area contributed by atoms with Gasteiger partial charge in [0, 0.05) is 26.1 Å². The largest absolute Gasteiger partial charge is 0.480 e. The van der Waals surface area contributed by atoms with Crippen LogP contribution in [0.3, 0.4) is 0 Å². The summed E-state index contributed by atoms with van der Waals surface area (Å²) in [4.78, 5) is 23.8. The molecule has 19 heavy (non-hydrogen) atoms. The van der Waals surface area contributed by atoms with Crippen LogP contribution in [0.1, 0.15) is 44.9 Å². The molecular formula is C13H22N2O4. The maximum Gasteiger partial charge on any atom is 0.329 e. The molecule has 2 rings (SSSR count). The molecule has 1 heterocycles. The molecular weight excluding hydrogens is 248 g/mol. The predicted molar refractivity (Wildman–Crippen MR) is 68.6 cm³/mol. The number of nitrogens with one attached hydrogen (secondary N) is 1. The highest BCUT2D eigenvalue weighted by molar-refractivity contribution is 5.92. The number of carbonyl (C=O) groups is 2. The highest BCUT2D eigenvalue weighted by atomic mass is 16.5. The molecule has 2 aliphatic rings. The van der Waals surface area contributed by atoms with Gasteiger partial charge in [-0.1, -0.05) is 19.3 Å². The number of carboxylic acid groups (broad SMARTS) is 1. The molecule has 1 saturated heterocycles. The topological polar surface area (TPSA) is 102 Å². The van der Waals surface area contributed by atoms with E-state index in [0.717, 1.165) is 19.3 Å². The number of amides is 1. The molecule has 6 nitrogen and oxygen atoms in total. The lowest BCUT2D eigenvalue weighted by Crippen LogP contribution is -2.64. The molecule has 2 fully saturated rings. The van der Waals surface area contributed by atoms with Crippen molar-refractivity contribution in [2.45, 2.75) is 56.0 Å². The number of rotatable bonds is 3. The Morgan fingerprint density at radius 3 is 2.16 bits per heavy atom. The molecule has 6 heteroatoms. The van der Waals surface area contributed by atoms with E-state index in [1.807, 2.05) is 0 Å². The van der Waals surface area contributed by atoms with Crippen molar-refractivity contribution >= 4 is 11.9 Å². The summed E-state index contributed by atoms with van der Waals surface area (Å²) in [6.45, 7) is 0.703. The second-order valence-corrected chi connectivity index (χ2v) is 5.67. The van der Waals surface area contributed by atoms with Crippen molar-refractivity contribution in [1.29, 1.82) is 0 Å². The monoisotopic (exact) mass is 270 g/mol. The molecule has 0 unspecified atom stereocenters. The lowest BCUT2D eigenvalue weighted by atomic mass is 9.80. The molecule has 0 aromatic heterocycles. The Labute approximate surface area is 112 Å². The van der Waals surface area contributed by atoms with Crippen molar-refractivity contribution in [1.82, 2.24) is 5.32 Å². The lowest BCUT2D eigenvalue weighted by Gasteiger charge is -2.39. The third-order valence-corrected chi connectivity index (χ3v) is 4.31. The number of nitrogens with two attached hydrogens (primary N) is 1. The van der Waals surface area contributed by atoms with Gasteiger partial charge in [0.25, 0.3) is 0 Å². The number of carboxylic acids is 1. The SMILES string of the molecule is NC1(C(=O)NC2(C(=O)O)CCOCC2)CCCCC1. The Balaban J connectivity index is 2.08. The Morgan fingerprint density at radius 2 is 1.63 bits per heavy atom. The molecule has 0 atom stereocenters. The molecule has 1 saturated carbocycles. The summed E-state index contributed by atoms with van der Waals surface area (Å²) >= 11 is 0. The van der Waals surface area contributed by atoms with Crippen molar-refractivity contribution in [3.63, 3.8) is 0 Å². The molecule has 0 aromatic carbocycles. The van der Waals surface area contributed by atoms with Gasteiger partial charge in [-0.05, 0) is 12.8 Å². The third kappa shape index (κ3) is 2.90. The number of carbonyl (C=O) groups excluding carboxylic acids is 1. The zero-order chi connectivity index (χ0) is 13.9. The van der Waals surface area contributed by atoms with Crippen LogP contribution < -0.4 is 11.1 Å². The van der Waals surface area contributed by atoms with Gasteiger partial charge in [-0.15, -0.1) is 0 Å². The van der Waals surface area contributed by atoms with E-state index in [1.54, 1.807) is 0 Å². The third-order valence-electron chi connectivity index (χ3n) is 4.31. The standard InChI is InChI=1S/C13H22N2O4/c14-12(4-2-1-3-5-12)10(16)15-13(11(17)18)6-8-19-9-7-13/h1-9,14H2,(H,15,16)(H,17,18). The van der Waals surface area contributed by atoms with Crippen LogP contribution in [0.15, 0.2) is 0 Å². The van der Waals surface area contributed by atoms with Gasteiger partial charge >= 0.3 is 5.97 Å². The van der Waals surface area contributed by atoms with Crippen LogP contribution in [0.2, 0.25) is 0 Å². The first-order valence-corrected chi connectivity index (χ1v) is 6.91. The number of hydrogen-bond donors (Lipinski definition) is 3. The van der Waals surface area contributed by atoms with Crippen molar-refractivity contribution in [3.8, 4) is 0 Å². The van der Waals surface area contributed by atoms with E-state index in [2.05, 4.69) is 5.32 Å². The van der Waals surface area contributed by atoms with Gasteiger partial charge in [0.15, 0.2) is 0 Å². The van der Waals surface area contributed by atoms with E-state index >= 15 is 0 Å². The van der Waals surface area contributed by atoms with Gasteiger partial charge in [0.05, 0.1) is 5.54 Å². The fraction of sp³-hybridized carbons (Fsp3) is 0.846. The first kappa shape index (κ1) is 14.3. The quantitative estimate of drug-likeness (QED) is 0.689. The smallest absolute Gasteiger partial charge is 0.329 e. The Bertz CT molecular complexity index is 358. The number of hydrogen-bond acceptors (Lipinski definition) is 4. The highest BCUT2D eigenvalue weighted by Crippen LogP contribution is 2.28. The Kier molecular flexibility index (Phi) is 4.10. The van der Waals surface area contributed by atoms with Gasteiger partial charge in [-0.2, -0.15) is 0 Å². The van der Waals surface area contributed by atoms with Crippen molar-refractivity contribution in [3.05, 3.63) is 0 Å².